The predicted octanol–water partition coefficient (Wildman–Crippen LogP) is 7.58. The molecule has 0 radical (unpaired) electrons. The Morgan fingerprint density at radius 1 is 1.10 bits per heavy atom. The van der Waals surface area contributed by atoms with Gasteiger partial charge in [0.15, 0.2) is 11.5 Å². The third-order valence-electron chi connectivity index (χ3n) is 7.04. The Morgan fingerprint density at radius 2 is 1.85 bits per heavy atom. The number of amides is 1. The van der Waals surface area contributed by atoms with Crippen LogP contribution >= 0.6 is 22.9 Å². The number of ether oxygens (including phenoxy) is 3. The molecule has 1 heterocycles. The number of halogens is 1. The largest absolute Gasteiger partial charge is 0.493 e. The second kappa shape index (κ2) is 12.3. The van der Waals surface area contributed by atoms with Crippen molar-refractivity contribution in [1.29, 1.82) is 0 Å². The lowest BCUT2D eigenvalue weighted by Crippen LogP contribution is -2.26. The number of carbonyl (C=O) groups is 2. The number of hydrogen-bond donors (Lipinski definition) is 1. The molecule has 2 aromatic carbocycles. The van der Waals surface area contributed by atoms with Gasteiger partial charge < -0.3 is 19.5 Å². The number of anilines is 1. The van der Waals surface area contributed by atoms with E-state index in [9.17, 15) is 9.59 Å². The highest BCUT2D eigenvalue weighted by atomic mass is 35.5. The fourth-order valence-electron chi connectivity index (χ4n) is 4.71. The molecule has 1 amide bonds. The van der Waals surface area contributed by atoms with Crippen LogP contribution in [0.25, 0.3) is 6.08 Å². The highest BCUT2D eigenvalue weighted by Gasteiger charge is 2.34. The van der Waals surface area contributed by atoms with Gasteiger partial charge in [0.25, 0.3) is 0 Å². The van der Waals surface area contributed by atoms with Crippen molar-refractivity contribution < 1.29 is 23.8 Å². The smallest absolute Gasteiger partial charge is 0.341 e. The maximum absolute atomic E-state index is 12.9. The van der Waals surface area contributed by atoms with Crippen LogP contribution in [0, 0.1) is 11.3 Å². The Balaban J connectivity index is 1.46. The predicted molar refractivity (Wildman–Crippen MR) is 157 cm³/mol. The zero-order valence-electron chi connectivity index (χ0n) is 22.9. The molecule has 206 valence electrons. The third-order valence-corrected chi connectivity index (χ3v) is 8.46. The lowest BCUT2D eigenvalue weighted by atomic mass is 9.72. The van der Waals surface area contributed by atoms with E-state index < -0.39 is 5.97 Å². The number of esters is 1. The molecule has 39 heavy (non-hydrogen) atoms. The van der Waals surface area contributed by atoms with Gasteiger partial charge in [0.2, 0.25) is 5.91 Å². The van der Waals surface area contributed by atoms with E-state index in [-0.39, 0.29) is 11.3 Å². The van der Waals surface area contributed by atoms with Gasteiger partial charge in [-0.05, 0) is 77.6 Å². The van der Waals surface area contributed by atoms with E-state index in [1.54, 1.807) is 25.3 Å². The zero-order chi connectivity index (χ0) is 28.2. The molecule has 0 saturated heterocycles. The molecular weight excluding hydrogens is 534 g/mol. The summed E-state index contributed by atoms with van der Waals surface area (Å²) >= 11 is 7.42. The van der Waals surface area contributed by atoms with E-state index in [0.717, 1.165) is 40.8 Å². The molecule has 6 nitrogen and oxygen atoms in total. The minimum atomic E-state index is -0.417. The van der Waals surface area contributed by atoms with Gasteiger partial charge in [-0.1, -0.05) is 50.6 Å². The second-order valence-corrected chi connectivity index (χ2v) is 12.2. The molecule has 1 aliphatic carbocycles. The van der Waals surface area contributed by atoms with Crippen molar-refractivity contribution >= 4 is 45.9 Å². The van der Waals surface area contributed by atoms with Crippen LogP contribution in [-0.2, 0) is 29.0 Å². The summed E-state index contributed by atoms with van der Waals surface area (Å²) in [6, 6.07) is 12.9. The number of hydrogen-bond acceptors (Lipinski definition) is 6. The van der Waals surface area contributed by atoms with Gasteiger partial charge in [-0.2, -0.15) is 0 Å². The van der Waals surface area contributed by atoms with Crippen molar-refractivity contribution in [3.05, 3.63) is 80.7 Å². The standard InChI is InChI=1S/C31H34ClNO5S/c1-31(2,3)21-10-13-23-26(17-21)39-29(28(23)30(35)37-5)33-27(34)15-9-19-8-14-24(25(16-19)36-4)38-18-20-6-11-22(32)12-7-20/h6-9,11-12,14-16,21H,10,13,17-18H2,1-5H3,(H,33,34). The van der Waals surface area contributed by atoms with E-state index in [1.807, 2.05) is 30.3 Å². The molecule has 0 bridgehead atoms. The Morgan fingerprint density at radius 3 is 2.51 bits per heavy atom. The molecule has 1 N–H and O–H groups in total. The highest BCUT2D eigenvalue weighted by molar-refractivity contribution is 7.17. The average Bonchev–Trinajstić information content (AvgIpc) is 3.27. The molecule has 1 atom stereocenters. The fourth-order valence-corrected chi connectivity index (χ4v) is 6.15. The molecule has 0 aliphatic heterocycles. The summed E-state index contributed by atoms with van der Waals surface area (Å²) in [6.45, 7) is 7.11. The molecule has 0 fully saturated rings. The summed E-state index contributed by atoms with van der Waals surface area (Å²) in [5.41, 5.74) is 3.42. The first-order valence-electron chi connectivity index (χ1n) is 12.9. The van der Waals surface area contributed by atoms with Crippen molar-refractivity contribution in [2.45, 2.75) is 46.6 Å². The summed E-state index contributed by atoms with van der Waals surface area (Å²) in [5, 5.41) is 4.13. The summed E-state index contributed by atoms with van der Waals surface area (Å²) in [7, 11) is 2.94. The maximum atomic E-state index is 12.9. The minimum absolute atomic E-state index is 0.177. The second-order valence-electron chi connectivity index (χ2n) is 10.7. The lowest BCUT2D eigenvalue weighted by Gasteiger charge is -2.33. The van der Waals surface area contributed by atoms with Gasteiger partial charge in [0.1, 0.15) is 11.6 Å². The molecule has 1 aliphatic rings. The Labute approximate surface area is 238 Å². The van der Waals surface area contributed by atoms with Crippen LogP contribution in [0.1, 0.15) is 59.1 Å². The summed E-state index contributed by atoms with van der Waals surface area (Å²) in [5.74, 6) is 0.923. The average molecular weight is 568 g/mol. The number of fused-ring (bicyclic) bond motifs is 1. The molecular formula is C31H34ClNO5S. The molecule has 4 rings (SSSR count). The zero-order valence-corrected chi connectivity index (χ0v) is 24.5. The van der Waals surface area contributed by atoms with Crippen molar-refractivity contribution in [3.63, 3.8) is 0 Å². The first-order valence-corrected chi connectivity index (χ1v) is 14.1. The molecule has 0 spiro atoms. The number of carbonyl (C=O) groups excluding carboxylic acids is 2. The Kier molecular flexibility index (Phi) is 9.03. The summed E-state index contributed by atoms with van der Waals surface area (Å²) in [6.07, 6.45) is 5.84. The number of benzene rings is 2. The lowest BCUT2D eigenvalue weighted by molar-refractivity contribution is -0.111. The van der Waals surface area contributed by atoms with Crippen LogP contribution in [0.3, 0.4) is 0 Å². The van der Waals surface area contributed by atoms with Crippen molar-refractivity contribution in [2.24, 2.45) is 11.3 Å². The molecule has 1 unspecified atom stereocenters. The normalized spacial score (nSPS) is 15.1. The third kappa shape index (κ3) is 7.02. The van der Waals surface area contributed by atoms with Gasteiger partial charge in [-0.3, -0.25) is 4.79 Å². The first-order chi connectivity index (χ1) is 18.6. The van der Waals surface area contributed by atoms with Crippen LogP contribution in [0.5, 0.6) is 11.5 Å². The molecule has 1 aromatic heterocycles. The van der Waals surface area contributed by atoms with Crippen molar-refractivity contribution in [3.8, 4) is 11.5 Å². The quantitative estimate of drug-likeness (QED) is 0.224. The number of methoxy groups -OCH3 is 2. The van der Waals surface area contributed by atoms with Crippen LogP contribution in [-0.4, -0.2) is 26.1 Å². The molecule has 8 heteroatoms. The van der Waals surface area contributed by atoms with Crippen molar-refractivity contribution in [1.82, 2.24) is 0 Å². The van der Waals surface area contributed by atoms with Gasteiger partial charge in [-0.25, -0.2) is 4.79 Å². The Bertz CT molecular complexity index is 1370. The minimum Gasteiger partial charge on any atom is -0.493 e. The topological polar surface area (TPSA) is 73.9 Å². The number of thiophene rings is 1. The van der Waals surface area contributed by atoms with Gasteiger partial charge in [0, 0.05) is 16.0 Å². The SMILES string of the molecule is COC(=O)c1c(NC(=O)C=Cc2ccc(OCc3ccc(Cl)cc3)c(OC)c2)sc2c1CCC(C(C)(C)C)C2. The maximum Gasteiger partial charge on any atom is 0.341 e. The van der Waals surface area contributed by atoms with Crippen LogP contribution in [0.2, 0.25) is 5.02 Å². The summed E-state index contributed by atoms with van der Waals surface area (Å²) in [4.78, 5) is 26.7. The van der Waals surface area contributed by atoms with Crippen LogP contribution < -0.4 is 14.8 Å². The van der Waals surface area contributed by atoms with E-state index in [2.05, 4.69) is 26.1 Å². The summed E-state index contributed by atoms with van der Waals surface area (Å²) < 4.78 is 16.5. The van der Waals surface area contributed by atoms with E-state index in [4.69, 9.17) is 25.8 Å². The van der Waals surface area contributed by atoms with Crippen LogP contribution in [0.15, 0.2) is 48.5 Å². The first kappa shape index (κ1) is 28.7. The molecule has 3 aromatic rings. The van der Waals surface area contributed by atoms with Gasteiger partial charge in [0.05, 0.1) is 19.8 Å². The fraction of sp³-hybridized carbons (Fsp3) is 0.355. The Hall–Kier alpha value is -3.29. The van der Waals surface area contributed by atoms with E-state index in [1.165, 1.54) is 24.5 Å². The molecule has 0 saturated carbocycles. The van der Waals surface area contributed by atoms with Gasteiger partial charge >= 0.3 is 5.97 Å². The highest BCUT2D eigenvalue weighted by Crippen LogP contribution is 2.44. The van der Waals surface area contributed by atoms with Crippen molar-refractivity contribution in [2.75, 3.05) is 19.5 Å². The number of rotatable bonds is 8. The van der Waals surface area contributed by atoms with Gasteiger partial charge in [-0.15, -0.1) is 11.3 Å². The number of nitrogens with one attached hydrogen (secondary N) is 1. The van der Waals surface area contributed by atoms with E-state index >= 15 is 0 Å². The van der Waals surface area contributed by atoms with Crippen LogP contribution in [0.4, 0.5) is 5.00 Å². The van der Waals surface area contributed by atoms with E-state index in [0.29, 0.717) is 39.6 Å². The monoisotopic (exact) mass is 567 g/mol.